The van der Waals surface area contributed by atoms with Crippen molar-refractivity contribution in [3.63, 3.8) is 0 Å². The number of fused-ring (bicyclic) bond motifs is 2. The molecular weight excluding hydrogens is 376 g/mol. The molecule has 0 radical (unpaired) electrons. The first-order valence-electron chi connectivity index (χ1n) is 9.92. The van der Waals surface area contributed by atoms with Crippen LogP contribution in [0.15, 0.2) is 72.3 Å². The fourth-order valence-corrected chi connectivity index (χ4v) is 4.22. The Labute approximate surface area is 172 Å². The van der Waals surface area contributed by atoms with Crippen molar-refractivity contribution < 1.29 is 4.79 Å². The largest absolute Gasteiger partial charge is 0.338 e. The Balaban J connectivity index is 1.55. The number of rotatable bonds is 3. The van der Waals surface area contributed by atoms with Crippen molar-refractivity contribution in [1.82, 2.24) is 19.9 Å². The first-order chi connectivity index (χ1) is 14.6. The van der Waals surface area contributed by atoms with Gasteiger partial charge in [0, 0.05) is 48.0 Å². The summed E-state index contributed by atoms with van der Waals surface area (Å²) in [5, 5.41) is 1.57. The molecule has 3 aromatic heterocycles. The van der Waals surface area contributed by atoms with Gasteiger partial charge in [-0.2, -0.15) is 0 Å². The van der Waals surface area contributed by atoms with Crippen LogP contribution in [-0.2, 0) is 4.79 Å². The molecule has 5 rings (SSSR count). The van der Waals surface area contributed by atoms with E-state index in [1.165, 1.54) is 6.08 Å². The van der Waals surface area contributed by atoms with E-state index < -0.39 is 0 Å². The number of nitrogens with zero attached hydrogens (tertiary/aromatic N) is 3. The van der Waals surface area contributed by atoms with E-state index in [1.807, 2.05) is 42.5 Å². The van der Waals surface area contributed by atoms with Crippen molar-refractivity contribution in [2.24, 2.45) is 0 Å². The lowest BCUT2D eigenvalue weighted by Crippen LogP contribution is -2.26. The molecule has 1 saturated heterocycles. The van der Waals surface area contributed by atoms with Gasteiger partial charge < -0.3 is 9.88 Å². The first kappa shape index (κ1) is 18.2. The zero-order valence-electron chi connectivity index (χ0n) is 16.3. The molecule has 1 aromatic carbocycles. The lowest BCUT2D eigenvalue weighted by molar-refractivity contribution is -0.125. The molecular formula is C24H20N4O2. The number of pyridine rings is 3. The van der Waals surface area contributed by atoms with Gasteiger partial charge in [-0.15, -0.1) is 0 Å². The number of aromatic nitrogens is 3. The van der Waals surface area contributed by atoms with E-state index in [4.69, 9.17) is 0 Å². The van der Waals surface area contributed by atoms with E-state index in [-0.39, 0.29) is 17.4 Å². The van der Waals surface area contributed by atoms with Crippen LogP contribution in [-0.4, -0.2) is 38.8 Å². The second kappa shape index (κ2) is 7.22. The second-order valence-corrected chi connectivity index (χ2v) is 7.56. The van der Waals surface area contributed by atoms with Gasteiger partial charge >= 0.3 is 0 Å². The summed E-state index contributed by atoms with van der Waals surface area (Å²) in [6.07, 6.45) is 5.71. The number of carbonyl (C=O) groups is 1. The zero-order chi connectivity index (χ0) is 20.7. The lowest BCUT2D eigenvalue weighted by Gasteiger charge is -2.14. The smallest absolute Gasteiger partial charge is 0.257 e. The van der Waals surface area contributed by atoms with Crippen LogP contribution in [0.5, 0.6) is 0 Å². The van der Waals surface area contributed by atoms with Crippen molar-refractivity contribution in [2.75, 3.05) is 13.1 Å². The highest BCUT2D eigenvalue weighted by Gasteiger charge is 2.27. The van der Waals surface area contributed by atoms with Gasteiger partial charge in [0.25, 0.3) is 5.56 Å². The van der Waals surface area contributed by atoms with Gasteiger partial charge in [0.1, 0.15) is 0 Å². The van der Waals surface area contributed by atoms with E-state index in [1.54, 1.807) is 17.3 Å². The molecule has 0 aliphatic carbocycles. The van der Waals surface area contributed by atoms with Crippen LogP contribution in [0, 0.1) is 0 Å². The molecule has 4 heterocycles. The predicted octanol–water partition coefficient (Wildman–Crippen LogP) is 3.64. The summed E-state index contributed by atoms with van der Waals surface area (Å²) in [6, 6.07) is 13.7. The summed E-state index contributed by atoms with van der Waals surface area (Å²) in [5.41, 5.74) is 4.09. The summed E-state index contributed by atoms with van der Waals surface area (Å²) in [5.74, 6) is 0.0181. The first-order valence-corrected chi connectivity index (χ1v) is 9.92. The Morgan fingerprint density at radius 1 is 1.13 bits per heavy atom. The number of nitrogens with one attached hydrogen (secondary N) is 1. The Morgan fingerprint density at radius 3 is 2.90 bits per heavy atom. The second-order valence-electron chi connectivity index (χ2n) is 7.56. The minimum atomic E-state index is -0.163. The topological polar surface area (TPSA) is 79.0 Å². The Bertz CT molecular complexity index is 1350. The summed E-state index contributed by atoms with van der Waals surface area (Å²) in [7, 11) is 0. The summed E-state index contributed by atoms with van der Waals surface area (Å²) < 4.78 is 0. The van der Waals surface area contributed by atoms with Crippen molar-refractivity contribution in [3.8, 4) is 11.1 Å². The quantitative estimate of drug-likeness (QED) is 0.536. The number of carbonyl (C=O) groups excluding carboxylic acids is 1. The average molecular weight is 396 g/mol. The van der Waals surface area contributed by atoms with Gasteiger partial charge in [0.05, 0.1) is 16.4 Å². The summed E-state index contributed by atoms with van der Waals surface area (Å²) >= 11 is 0. The fraction of sp³-hybridized carbons (Fsp3) is 0.167. The molecule has 1 aliphatic heterocycles. The molecule has 1 amide bonds. The van der Waals surface area contributed by atoms with Crippen LogP contribution in [0.2, 0.25) is 0 Å². The van der Waals surface area contributed by atoms with E-state index in [2.05, 4.69) is 21.5 Å². The predicted molar refractivity (Wildman–Crippen MR) is 117 cm³/mol. The van der Waals surface area contributed by atoms with Crippen LogP contribution in [0.25, 0.3) is 32.9 Å². The molecule has 148 valence electrons. The standard InChI is InChI=1S/C24H20N4O2/c1-2-23(29)28-10-8-15(14-28)21-12-22-19(24(30)27-21)11-16(13-26-22)17-5-3-7-20-18(17)6-4-9-25-20/h2-7,9,11-13,15H,1,8,10,14H2,(H,27,30). The third-order valence-electron chi connectivity index (χ3n) is 5.78. The highest BCUT2D eigenvalue weighted by Crippen LogP contribution is 2.30. The third kappa shape index (κ3) is 3.06. The number of amides is 1. The number of aromatic amines is 1. The number of benzene rings is 1. The third-order valence-corrected chi connectivity index (χ3v) is 5.78. The minimum Gasteiger partial charge on any atom is -0.338 e. The molecule has 30 heavy (non-hydrogen) atoms. The maximum Gasteiger partial charge on any atom is 0.257 e. The average Bonchev–Trinajstić information content (AvgIpc) is 3.28. The van der Waals surface area contributed by atoms with Crippen molar-refractivity contribution in [2.45, 2.75) is 12.3 Å². The SMILES string of the molecule is C=CC(=O)N1CCC(c2cc3ncc(-c4cccc5ncccc45)cc3c(=O)[nH]2)C1. The molecule has 1 unspecified atom stereocenters. The van der Waals surface area contributed by atoms with Crippen molar-refractivity contribution >= 4 is 27.7 Å². The maximum atomic E-state index is 12.9. The van der Waals surface area contributed by atoms with Crippen LogP contribution < -0.4 is 5.56 Å². The van der Waals surface area contributed by atoms with E-state index in [0.29, 0.717) is 24.0 Å². The van der Waals surface area contributed by atoms with Crippen LogP contribution in [0.3, 0.4) is 0 Å². The molecule has 1 fully saturated rings. The van der Waals surface area contributed by atoms with Gasteiger partial charge in [0.2, 0.25) is 5.91 Å². The Hall–Kier alpha value is -3.80. The number of hydrogen-bond acceptors (Lipinski definition) is 4. The molecule has 4 aromatic rings. The highest BCUT2D eigenvalue weighted by atomic mass is 16.2. The minimum absolute atomic E-state index is 0.0759. The van der Waals surface area contributed by atoms with E-state index in [9.17, 15) is 9.59 Å². The Kier molecular flexibility index (Phi) is 4.39. The number of hydrogen-bond donors (Lipinski definition) is 1. The van der Waals surface area contributed by atoms with Crippen molar-refractivity contribution in [1.29, 1.82) is 0 Å². The van der Waals surface area contributed by atoms with Gasteiger partial charge in [0.15, 0.2) is 0 Å². The zero-order valence-corrected chi connectivity index (χ0v) is 16.3. The van der Waals surface area contributed by atoms with Gasteiger partial charge in [-0.25, -0.2) is 0 Å². The number of H-pyrrole nitrogens is 1. The van der Waals surface area contributed by atoms with Gasteiger partial charge in [-0.1, -0.05) is 24.8 Å². The Morgan fingerprint density at radius 2 is 2.03 bits per heavy atom. The normalized spacial score (nSPS) is 16.3. The molecule has 0 spiro atoms. The molecule has 0 bridgehead atoms. The molecule has 0 saturated carbocycles. The van der Waals surface area contributed by atoms with Gasteiger partial charge in [-0.05, 0) is 42.3 Å². The monoisotopic (exact) mass is 396 g/mol. The fourth-order valence-electron chi connectivity index (χ4n) is 4.22. The molecule has 1 aliphatic rings. The molecule has 6 nitrogen and oxygen atoms in total. The van der Waals surface area contributed by atoms with Crippen LogP contribution in [0.4, 0.5) is 0 Å². The van der Waals surface area contributed by atoms with Crippen LogP contribution in [0.1, 0.15) is 18.0 Å². The number of likely N-dealkylation sites (tertiary alicyclic amines) is 1. The summed E-state index contributed by atoms with van der Waals surface area (Å²) in [6.45, 7) is 4.79. The van der Waals surface area contributed by atoms with Crippen molar-refractivity contribution in [3.05, 3.63) is 83.6 Å². The molecule has 1 atom stereocenters. The van der Waals surface area contributed by atoms with Crippen LogP contribution >= 0.6 is 0 Å². The molecule has 6 heteroatoms. The lowest BCUT2D eigenvalue weighted by atomic mass is 10.00. The van der Waals surface area contributed by atoms with E-state index in [0.717, 1.165) is 34.1 Å². The highest BCUT2D eigenvalue weighted by molar-refractivity contribution is 5.96. The van der Waals surface area contributed by atoms with Gasteiger partial charge in [-0.3, -0.25) is 19.6 Å². The summed E-state index contributed by atoms with van der Waals surface area (Å²) in [4.78, 5) is 38.5. The van der Waals surface area contributed by atoms with E-state index >= 15 is 0 Å². The molecule has 1 N–H and O–H groups in total. The maximum absolute atomic E-state index is 12.9.